The molecule has 1 amide bonds. The lowest BCUT2D eigenvalue weighted by Gasteiger charge is -2.35. The highest BCUT2D eigenvalue weighted by atomic mass is 16.5. The number of carbonyl (C=O) groups is 2. The molecule has 11 nitrogen and oxygen atoms in total. The summed E-state index contributed by atoms with van der Waals surface area (Å²) in [5.41, 5.74) is 9.94. The van der Waals surface area contributed by atoms with E-state index in [4.69, 9.17) is 15.6 Å². The van der Waals surface area contributed by atoms with Crippen molar-refractivity contribution in [1.29, 1.82) is 0 Å². The number of nitrogens with two attached hydrogens (primary N) is 1. The number of hydrogen-bond acceptors (Lipinski definition) is 8. The van der Waals surface area contributed by atoms with Gasteiger partial charge in [-0.15, -0.1) is 0 Å². The van der Waals surface area contributed by atoms with Gasteiger partial charge < -0.3 is 30.4 Å². The quantitative estimate of drug-likeness (QED) is 0.257. The summed E-state index contributed by atoms with van der Waals surface area (Å²) in [6.45, 7) is 7.24. The predicted molar refractivity (Wildman–Crippen MR) is 155 cm³/mol. The molecule has 0 atom stereocenters. The van der Waals surface area contributed by atoms with Gasteiger partial charge in [0, 0.05) is 63.9 Å². The number of aromatic nitrogens is 3. The Kier molecular flexibility index (Phi) is 10.2. The van der Waals surface area contributed by atoms with Crippen LogP contribution in [0.1, 0.15) is 56.6 Å². The van der Waals surface area contributed by atoms with Gasteiger partial charge in [-0.3, -0.25) is 14.5 Å². The van der Waals surface area contributed by atoms with E-state index >= 15 is 0 Å². The number of hydrogen-bond donors (Lipinski definition) is 3. The number of nitrogen functional groups attached to an aromatic ring is 1. The van der Waals surface area contributed by atoms with Crippen LogP contribution in [0.3, 0.4) is 0 Å². The van der Waals surface area contributed by atoms with Crippen molar-refractivity contribution in [3.63, 3.8) is 0 Å². The Morgan fingerprint density at radius 2 is 1.85 bits per heavy atom. The Hall–Kier alpha value is -3.86. The molecule has 3 heterocycles. The number of ether oxygens (including phenoxy) is 1. The summed E-state index contributed by atoms with van der Waals surface area (Å²) >= 11 is 0. The van der Waals surface area contributed by atoms with E-state index in [0.29, 0.717) is 26.1 Å². The van der Waals surface area contributed by atoms with Gasteiger partial charge in [0.2, 0.25) is 11.9 Å². The number of rotatable bonds is 14. The van der Waals surface area contributed by atoms with Crippen molar-refractivity contribution >= 4 is 34.7 Å². The third-order valence-electron chi connectivity index (χ3n) is 7.30. The highest BCUT2D eigenvalue weighted by Gasteiger charge is 2.21. The fourth-order valence-corrected chi connectivity index (χ4v) is 5.16. The van der Waals surface area contributed by atoms with E-state index in [2.05, 4.69) is 43.8 Å². The standard InChI is InChI=1S/C29H41N7O4/c1-3-4-5-12-31-28-27-23(32-29(30)33-28)11-13-36(27)20-22-18-21(9-10-24(22)40-2)19-34-14-16-35(17-15-34)25(37)7-6-8-26(38)39/h9-11,13,18H,3-8,12,14-17,19-20H2,1-2H3,(H,38,39)(H3,30,31,32,33). The van der Waals surface area contributed by atoms with Crippen LogP contribution < -0.4 is 15.8 Å². The smallest absolute Gasteiger partial charge is 0.303 e. The summed E-state index contributed by atoms with van der Waals surface area (Å²) in [6, 6.07) is 8.24. The van der Waals surface area contributed by atoms with E-state index in [0.717, 1.165) is 73.6 Å². The van der Waals surface area contributed by atoms with Gasteiger partial charge in [0.25, 0.3) is 0 Å². The number of carbonyl (C=O) groups excluding carboxylic acids is 1. The Labute approximate surface area is 235 Å². The maximum absolute atomic E-state index is 12.4. The second-order valence-corrected chi connectivity index (χ2v) is 10.3. The lowest BCUT2D eigenvalue weighted by molar-refractivity contribution is -0.137. The van der Waals surface area contributed by atoms with Crippen molar-refractivity contribution in [2.45, 2.75) is 58.5 Å². The molecule has 0 aliphatic carbocycles. The zero-order valence-electron chi connectivity index (χ0n) is 23.6. The highest BCUT2D eigenvalue weighted by Crippen LogP contribution is 2.27. The van der Waals surface area contributed by atoms with E-state index in [9.17, 15) is 9.59 Å². The molecule has 0 radical (unpaired) electrons. The Morgan fingerprint density at radius 1 is 1.05 bits per heavy atom. The number of methoxy groups -OCH3 is 1. The minimum atomic E-state index is -0.862. The van der Waals surface area contributed by atoms with E-state index in [1.54, 1.807) is 7.11 Å². The summed E-state index contributed by atoms with van der Waals surface area (Å²) in [6.07, 6.45) is 6.08. The van der Waals surface area contributed by atoms with Crippen LogP contribution in [0.25, 0.3) is 11.0 Å². The first-order valence-corrected chi connectivity index (χ1v) is 14.1. The third-order valence-corrected chi connectivity index (χ3v) is 7.30. The number of piperazine rings is 1. The van der Waals surface area contributed by atoms with Gasteiger partial charge in [0.1, 0.15) is 11.3 Å². The minimum Gasteiger partial charge on any atom is -0.496 e. The molecule has 216 valence electrons. The molecule has 11 heteroatoms. The minimum absolute atomic E-state index is 0.0299. The number of amides is 1. The van der Waals surface area contributed by atoms with Crippen molar-refractivity contribution < 1.29 is 19.4 Å². The molecule has 4 rings (SSSR count). The number of benzene rings is 1. The Bertz CT molecular complexity index is 1300. The highest BCUT2D eigenvalue weighted by molar-refractivity contribution is 5.87. The zero-order chi connectivity index (χ0) is 28.5. The molecule has 0 spiro atoms. The lowest BCUT2D eigenvalue weighted by Crippen LogP contribution is -2.48. The van der Waals surface area contributed by atoms with Gasteiger partial charge in [0.15, 0.2) is 5.82 Å². The number of fused-ring (bicyclic) bond motifs is 1. The molecule has 1 aliphatic rings. The van der Waals surface area contributed by atoms with Crippen molar-refractivity contribution in [3.05, 3.63) is 41.6 Å². The summed E-state index contributed by atoms with van der Waals surface area (Å²) in [7, 11) is 1.68. The van der Waals surface area contributed by atoms with Crippen molar-refractivity contribution in [2.75, 3.05) is 50.9 Å². The van der Waals surface area contributed by atoms with E-state index in [-0.39, 0.29) is 24.7 Å². The van der Waals surface area contributed by atoms with Crippen molar-refractivity contribution in [1.82, 2.24) is 24.3 Å². The second-order valence-electron chi connectivity index (χ2n) is 10.3. The second kappa shape index (κ2) is 14.0. The van der Waals surface area contributed by atoms with E-state index in [1.807, 2.05) is 23.2 Å². The first-order chi connectivity index (χ1) is 19.4. The van der Waals surface area contributed by atoms with Crippen LogP contribution in [-0.4, -0.2) is 81.2 Å². The first kappa shape index (κ1) is 29.1. The van der Waals surface area contributed by atoms with Gasteiger partial charge in [-0.25, -0.2) is 4.98 Å². The molecule has 2 aromatic heterocycles. The summed E-state index contributed by atoms with van der Waals surface area (Å²) in [4.78, 5) is 36.2. The topological polar surface area (TPSA) is 139 Å². The van der Waals surface area contributed by atoms with Crippen LogP contribution in [-0.2, 0) is 22.7 Å². The van der Waals surface area contributed by atoms with Gasteiger partial charge in [0.05, 0.1) is 19.2 Å². The third kappa shape index (κ3) is 7.62. The number of aliphatic carboxylic acids is 1. The number of carboxylic acid groups (broad SMARTS) is 1. The van der Waals surface area contributed by atoms with Crippen molar-refractivity contribution in [3.8, 4) is 5.75 Å². The number of nitrogens with one attached hydrogen (secondary N) is 1. The molecule has 0 saturated carbocycles. The summed E-state index contributed by atoms with van der Waals surface area (Å²) in [5.74, 6) is 0.991. The molecule has 1 saturated heterocycles. The predicted octanol–water partition coefficient (Wildman–Crippen LogP) is 3.57. The van der Waals surface area contributed by atoms with Crippen LogP contribution >= 0.6 is 0 Å². The average molecular weight is 552 g/mol. The van der Waals surface area contributed by atoms with Crippen LogP contribution in [0.5, 0.6) is 5.75 Å². The molecule has 0 bridgehead atoms. The molecule has 0 unspecified atom stereocenters. The number of carboxylic acids is 1. The van der Waals surface area contributed by atoms with Crippen LogP contribution in [0, 0.1) is 0 Å². The summed E-state index contributed by atoms with van der Waals surface area (Å²) < 4.78 is 7.84. The maximum atomic E-state index is 12.4. The lowest BCUT2D eigenvalue weighted by atomic mass is 10.1. The SMILES string of the molecule is CCCCCNc1nc(N)nc2ccn(Cc3cc(CN4CCN(C(=O)CCCC(=O)O)CC4)ccc3OC)c12. The van der Waals surface area contributed by atoms with Crippen LogP contribution in [0.15, 0.2) is 30.5 Å². The van der Waals surface area contributed by atoms with Crippen LogP contribution in [0.4, 0.5) is 11.8 Å². The molecule has 40 heavy (non-hydrogen) atoms. The molecule has 4 N–H and O–H groups in total. The van der Waals surface area contributed by atoms with Gasteiger partial charge in [-0.1, -0.05) is 25.8 Å². The van der Waals surface area contributed by atoms with Crippen LogP contribution in [0.2, 0.25) is 0 Å². The van der Waals surface area contributed by atoms with E-state index in [1.165, 1.54) is 5.56 Å². The average Bonchev–Trinajstić information content (AvgIpc) is 3.33. The molecular formula is C29H41N7O4. The fraction of sp³-hybridized carbons (Fsp3) is 0.517. The normalized spacial score (nSPS) is 14.0. The molecule has 3 aromatic rings. The molecular weight excluding hydrogens is 510 g/mol. The Morgan fingerprint density at radius 3 is 2.58 bits per heavy atom. The monoisotopic (exact) mass is 551 g/mol. The zero-order valence-corrected chi connectivity index (χ0v) is 23.6. The largest absolute Gasteiger partial charge is 0.496 e. The number of nitrogens with zero attached hydrogens (tertiary/aromatic N) is 5. The number of anilines is 2. The fourth-order valence-electron chi connectivity index (χ4n) is 5.16. The Balaban J connectivity index is 1.43. The van der Waals surface area contributed by atoms with Gasteiger partial charge in [-0.2, -0.15) is 4.98 Å². The van der Waals surface area contributed by atoms with Crippen molar-refractivity contribution in [2.24, 2.45) is 0 Å². The molecule has 1 aliphatic heterocycles. The molecule has 1 fully saturated rings. The molecule has 1 aromatic carbocycles. The van der Waals surface area contributed by atoms with E-state index < -0.39 is 5.97 Å². The number of unbranched alkanes of at least 4 members (excludes halogenated alkanes) is 2. The van der Waals surface area contributed by atoms with Gasteiger partial charge >= 0.3 is 5.97 Å². The maximum Gasteiger partial charge on any atom is 0.303 e. The summed E-state index contributed by atoms with van der Waals surface area (Å²) in [5, 5.41) is 12.3. The first-order valence-electron chi connectivity index (χ1n) is 14.1. The van der Waals surface area contributed by atoms with Gasteiger partial charge in [-0.05, 0) is 36.6 Å².